The number of halogens is 3. The third-order valence-electron chi connectivity index (χ3n) is 3.14. The van der Waals surface area contributed by atoms with Crippen LogP contribution in [0.15, 0.2) is 49.0 Å². The number of ether oxygens (including phenoxy) is 1. The van der Waals surface area contributed by atoms with Gasteiger partial charge in [-0.2, -0.15) is 13.2 Å². The standard InChI is InChI=1S/C18H22F3N3O/c1-5-8-16-22-23-17(18(19,20)21)24(16)12-11-15(7-3)10-9-14(4)25-13-6-2/h5-9,11-13,15H,3,10H2,1-2,4H3/b8-5-,12-11+,13-6+,14-9+. The second kappa shape index (κ2) is 9.66. The number of hydrogen-bond donors (Lipinski definition) is 0. The lowest BCUT2D eigenvalue weighted by atomic mass is 10.1. The van der Waals surface area contributed by atoms with Crippen LogP contribution in [0.3, 0.4) is 0 Å². The number of alkyl halides is 3. The fraction of sp³-hybridized carbons (Fsp3) is 0.333. The zero-order valence-corrected chi connectivity index (χ0v) is 14.5. The monoisotopic (exact) mass is 353 g/mol. The van der Waals surface area contributed by atoms with Crippen LogP contribution in [-0.2, 0) is 10.9 Å². The summed E-state index contributed by atoms with van der Waals surface area (Å²) in [6.07, 6.45) is 8.79. The summed E-state index contributed by atoms with van der Waals surface area (Å²) in [7, 11) is 0. The molecule has 0 aliphatic heterocycles. The van der Waals surface area contributed by atoms with Gasteiger partial charge in [0.15, 0.2) is 5.82 Å². The summed E-state index contributed by atoms with van der Waals surface area (Å²) in [6.45, 7) is 9.05. The van der Waals surface area contributed by atoms with Crippen molar-refractivity contribution in [2.45, 2.75) is 33.4 Å². The van der Waals surface area contributed by atoms with Crippen molar-refractivity contribution in [3.8, 4) is 0 Å². The highest BCUT2D eigenvalue weighted by atomic mass is 19.4. The van der Waals surface area contributed by atoms with Gasteiger partial charge in [0.25, 0.3) is 0 Å². The zero-order chi connectivity index (χ0) is 18.9. The Morgan fingerprint density at radius 1 is 1.28 bits per heavy atom. The van der Waals surface area contributed by atoms with Crippen molar-refractivity contribution in [3.63, 3.8) is 0 Å². The Morgan fingerprint density at radius 3 is 2.56 bits per heavy atom. The Kier molecular flexibility index (Phi) is 7.91. The van der Waals surface area contributed by atoms with Crippen molar-refractivity contribution in [1.29, 1.82) is 0 Å². The highest BCUT2D eigenvalue weighted by Gasteiger charge is 2.37. The molecule has 25 heavy (non-hydrogen) atoms. The molecule has 4 nitrogen and oxygen atoms in total. The van der Waals surface area contributed by atoms with Crippen LogP contribution in [0, 0.1) is 5.92 Å². The molecular weight excluding hydrogens is 331 g/mol. The van der Waals surface area contributed by atoms with Crippen LogP contribution in [0.5, 0.6) is 0 Å². The molecule has 1 heterocycles. The average molecular weight is 353 g/mol. The predicted molar refractivity (Wildman–Crippen MR) is 93.0 cm³/mol. The smallest absolute Gasteiger partial charge is 0.452 e. The molecule has 0 aliphatic carbocycles. The molecule has 1 aromatic heterocycles. The quantitative estimate of drug-likeness (QED) is 0.461. The maximum Gasteiger partial charge on any atom is 0.452 e. The summed E-state index contributed by atoms with van der Waals surface area (Å²) in [5, 5.41) is 6.81. The minimum Gasteiger partial charge on any atom is -0.470 e. The maximum atomic E-state index is 13.0. The molecule has 1 aromatic rings. The van der Waals surface area contributed by atoms with Gasteiger partial charge in [-0.3, -0.25) is 4.57 Å². The average Bonchev–Trinajstić information content (AvgIpc) is 2.96. The minimum atomic E-state index is -4.59. The second-order valence-corrected chi connectivity index (χ2v) is 5.13. The van der Waals surface area contributed by atoms with Gasteiger partial charge in [-0.15, -0.1) is 16.8 Å². The predicted octanol–water partition coefficient (Wildman–Crippen LogP) is 5.45. The molecule has 136 valence electrons. The summed E-state index contributed by atoms with van der Waals surface area (Å²) in [4.78, 5) is 0. The lowest BCUT2D eigenvalue weighted by molar-refractivity contribution is -0.146. The number of allylic oxidation sites excluding steroid dienone is 6. The van der Waals surface area contributed by atoms with E-state index < -0.39 is 12.0 Å². The summed E-state index contributed by atoms with van der Waals surface area (Å²) in [5.41, 5.74) is 0. The summed E-state index contributed by atoms with van der Waals surface area (Å²) >= 11 is 0. The Labute approximate surface area is 145 Å². The van der Waals surface area contributed by atoms with Crippen LogP contribution in [0.4, 0.5) is 13.2 Å². The van der Waals surface area contributed by atoms with Gasteiger partial charge in [0.2, 0.25) is 5.82 Å². The van der Waals surface area contributed by atoms with Crippen LogP contribution >= 0.6 is 0 Å². The fourth-order valence-electron chi connectivity index (χ4n) is 1.88. The lowest BCUT2D eigenvalue weighted by Gasteiger charge is -2.09. The first-order valence-electron chi connectivity index (χ1n) is 7.73. The number of rotatable bonds is 8. The molecule has 7 heteroatoms. The Balaban J connectivity index is 3.01. The molecule has 0 saturated heterocycles. The maximum absolute atomic E-state index is 13.0. The lowest BCUT2D eigenvalue weighted by Crippen LogP contribution is -2.12. The normalized spacial score (nSPS) is 14.7. The summed E-state index contributed by atoms with van der Waals surface area (Å²) < 4.78 is 45.4. The van der Waals surface area contributed by atoms with E-state index >= 15 is 0 Å². The van der Waals surface area contributed by atoms with E-state index in [0.29, 0.717) is 12.2 Å². The van der Waals surface area contributed by atoms with E-state index in [-0.39, 0.29) is 11.7 Å². The number of nitrogens with zero attached hydrogens (tertiary/aromatic N) is 3. The zero-order valence-electron chi connectivity index (χ0n) is 14.5. The van der Waals surface area contributed by atoms with Gasteiger partial charge in [0, 0.05) is 6.20 Å². The molecule has 0 fully saturated rings. The molecule has 0 aliphatic rings. The molecular formula is C18H22F3N3O. The topological polar surface area (TPSA) is 39.9 Å². The van der Waals surface area contributed by atoms with Crippen LogP contribution in [-0.4, -0.2) is 14.8 Å². The molecule has 0 N–H and O–H groups in total. The van der Waals surface area contributed by atoms with Crippen molar-refractivity contribution >= 4 is 12.3 Å². The molecule has 0 aromatic carbocycles. The molecule has 0 spiro atoms. The largest absolute Gasteiger partial charge is 0.470 e. The van der Waals surface area contributed by atoms with Crippen molar-refractivity contribution in [3.05, 3.63) is 60.6 Å². The second-order valence-electron chi connectivity index (χ2n) is 5.13. The first kappa shape index (κ1) is 20.5. The third-order valence-corrected chi connectivity index (χ3v) is 3.14. The van der Waals surface area contributed by atoms with Gasteiger partial charge < -0.3 is 4.74 Å². The van der Waals surface area contributed by atoms with E-state index in [0.717, 1.165) is 4.57 Å². The van der Waals surface area contributed by atoms with Crippen molar-refractivity contribution in [2.75, 3.05) is 0 Å². The minimum absolute atomic E-state index is 0.108. The van der Waals surface area contributed by atoms with Crippen LogP contribution < -0.4 is 0 Å². The van der Waals surface area contributed by atoms with Crippen LogP contribution in [0.1, 0.15) is 38.8 Å². The van der Waals surface area contributed by atoms with E-state index in [2.05, 4.69) is 16.8 Å². The van der Waals surface area contributed by atoms with Gasteiger partial charge in [-0.25, -0.2) is 0 Å². The number of aromatic nitrogens is 3. The molecule has 1 atom stereocenters. The van der Waals surface area contributed by atoms with E-state index in [4.69, 9.17) is 4.74 Å². The highest BCUT2D eigenvalue weighted by Crippen LogP contribution is 2.28. The SMILES string of the molecule is C=CC(/C=C/n1c(/C=C\C)nnc1C(F)(F)F)C/C=C(\C)O/C=C/C. The molecule has 1 unspecified atom stereocenters. The molecule has 0 amide bonds. The van der Waals surface area contributed by atoms with Gasteiger partial charge in [-0.05, 0) is 45.3 Å². The van der Waals surface area contributed by atoms with Crippen LogP contribution in [0.2, 0.25) is 0 Å². The van der Waals surface area contributed by atoms with Crippen molar-refractivity contribution in [2.24, 2.45) is 5.92 Å². The van der Waals surface area contributed by atoms with E-state index in [1.54, 1.807) is 44.4 Å². The number of hydrogen-bond acceptors (Lipinski definition) is 3. The van der Waals surface area contributed by atoms with Crippen LogP contribution in [0.25, 0.3) is 12.3 Å². The molecule has 1 rings (SSSR count). The highest BCUT2D eigenvalue weighted by molar-refractivity contribution is 5.45. The van der Waals surface area contributed by atoms with E-state index in [1.807, 2.05) is 13.0 Å². The van der Waals surface area contributed by atoms with E-state index in [1.165, 1.54) is 12.3 Å². The Morgan fingerprint density at radius 2 is 2.00 bits per heavy atom. The Bertz CT molecular complexity index is 682. The first-order valence-corrected chi connectivity index (χ1v) is 7.73. The van der Waals surface area contributed by atoms with Gasteiger partial charge in [0.1, 0.15) is 0 Å². The van der Waals surface area contributed by atoms with Gasteiger partial charge in [-0.1, -0.05) is 24.3 Å². The third kappa shape index (κ3) is 6.45. The molecule has 0 radical (unpaired) electrons. The van der Waals surface area contributed by atoms with Gasteiger partial charge >= 0.3 is 6.18 Å². The Hall–Kier alpha value is -2.57. The van der Waals surface area contributed by atoms with Crippen molar-refractivity contribution in [1.82, 2.24) is 14.8 Å². The van der Waals surface area contributed by atoms with Gasteiger partial charge in [0.05, 0.1) is 12.0 Å². The van der Waals surface area contributed by atoms with Crippen molar-refractivity contribution < 1.29 is 17.9 Å². The summed E-state index contributed by atoms with van der Waals surface area (Å²) in [6, 6.07) is 0. The summed E-state index contributed by atoms with van der Waals surface area (Å²) in [5.74, 6) is -0.417. The molecule has 0 saturated carbocycles. The van der Waals surface area contributed by atoms with E-state index in [9.17, 15) is 13.2 Å². The first-order chi connectivity index (χ1) is 11.8. The fourth-order valence-corrected chi connectivity index (χ4v) is 1.88. The molecule has 0 bridgehead atoms.